The van der Waals surface area contributed by atoms with Crippen molar-refractivity contribution in [3.8, 4) is 0 Å². The van der Waals surface area contributed by atoms with E-state index in [1.807, 2.05) is 6.08 Å². The van der Waals surface area contributed by atoms with Crippen LogP contribution in [0.2, 0.25) is 13.1 Å². The fourth-order valence-electron chi connectivity index (χ4n) is 1.61. The minimum Gasteiger partial charge on any atom is -0.395 e. The second-order valence-corrected chi connectivity index (χ2v) is 8.56. The molecule has 0 aromatic carbocycles. The molecule has 2 nitrogen and oxygen atoms in total. The van der Waals surface area contributed by atoms with E-state index in [0.29, 0.717) is 0 Å². The lowest BCUT2D eigenvalue weighted by Gasteiger charge is -2.26. The first kappa shape index (κ1) is 15.9. The van der Waals surface area contributed by atoms with Gasteiger partial charge in [0, 0.05) is 12.7 Å². The van der Waals surface area contributed by atoms with Crippen molar-refractivity contribution in [3.05, 3.63) is 12.7 Å². The summed E-state index contributed by atoms with van der Waals surface area (Å²) in [6.45, 7) is 15.3. The van der Waals surface area contributed by atoms with Crippen LogP contribution in [0.25, 0.3) is 0 Å². The number of rotatable bonds is 9. The van der Waals surface area contributed by atoms with Gasteiger partial charge < -0.3 is 8.85 Å². The Kier molecular flexibility index (Phi) is 7.98. The second kappa shape index (κ2) is 8.04. The summed E-state index contributed by atoms with van der Waals surface area (Å²) in [5, 5.41) is 0. The van der Waals surface area contributed by atoms with Gasteiger partial charge in [0.05, 0.1) is 0 Å². The highest BCUT2D eigenvalue weighted by Crippen LogP contribution is 2.13. The third-order valence-corrected chi connectivity index (χ3v) is 4.23. The number of hydrogen-bond acceptors (Lipinski definition) is 2. The van der Waals surface area contributed by atoms with Crippen molar-refractivity contribution in [2.75, 3.05) is 6.61 Å². The molecule has 1 atom stereocenters. The maximum absolute atomic E-state index is 5.93. The highest BCUT2D eigenvalue weighted by atomic mass is 28.4. The molecule has 0 aromatic heterocycles. The second-order valence-electron chi connectivity index (χ2n) is 5.24. The standard InChI is InChI=1S/C13H28O2Si/c1-7-9-13(4)15-16(5,6)14-11-8-10-12(2)3/h7,12-13H,1,8-11H2,2-6H3. The molecule has 16 heavy (non-hydrogen) atoms. The number of hydrogen-bond donors (Lipinski definition) is 0. The smallest absolute Gasteiger partial charge is 0.331 e. The Labute approximate surface area is 102 Å². The monoisotopic (exact) mass is 244 g/mol. The SMILES string of the molecule is C=CCC(C)O[Si](C)(C)OCCCC(C)C. The molecule has 0 saturated carbocycles. The summed E-state index contributed by atoms with van der Waals surface area (Å²) in [6, 6.07) is 0. The maximum atomic E-state index is 5.93. The summed E-state index contributed by atoms with van der Waals surface area (Å²) in [5.74, 6) is 0.758. The van der Waals surface area contributed by atoms with Crippen LogP contribution in [-0.2, 0) is 8.85 Å². The zero-order valence-corrected chi connectivity index (χ0v) is 12.6. The highest BCUT2D eigenvalue weighted by Gasteiger charge is 2.26. The van der Waals surface area contributed by atoms with Crippen LogP contribution in [0.1, 0.15) is 40.0 Å². The first-order chi connectivity index (χ1) is 7.37. The van der Waals surface area contributed by atoms with E-state index >= 15 is 0 Å². The third kappa shape index (κ3) is 9.13. The van der Waals surface area contributed by atoms with Crippen molar-refractivity contribution in [2.45, 2.75) is 59.2 Å². The molecule has 0 amide bonds. The molecule has 3 heteroatoms. The van der Waals surface area contributed by atoms with E-state index in [0.717, 1.165) is 25.4 Å². The van der Waals surface area contributed by atoms with Gasteiger partial charge in [-0.1, -0.05) is 19.9 Å². The quantitative estimate of drug-likeness (QED) is 0.345. The van der Waals surface area contributed by atoms with Crippen molar-refractivity contribution in [1.82, 2.24) is 0 Å². The fourth-order valence-corrected chi connectivity index (χ4v) is 3.38. The fraction of sp³-hybridized carbons (Fsp3) is 0.846. The third-order valence-electron chi connectivity index (χ3n) is 2.36. The van der Waals surface area contributed by atoms with Crippen LogP contribution in [0.4, 0.5) is 0 Å². The van der Waals surface area contributed by atoms with E-state index < -0.39 is 8.56 Å². The topological polar surface area (TPSA) is 18.5 Å². The van der Waals surface area contributed by atoms with Crippen LogP contribution in [0.15, 0.2) is 12.7 Å². The van der Waals surface area contributed by atoms with E-state index in [2.05, 4.69) is 40.4 Å². The van der Waals surface area contributed by atoms with Gasteiger partial charge in [0.15, 0.2) is 0 Å². The average Bonchev–Trinajstić information content (AvgIpc) is 2.11. The predicted octanol–water partition coefficient (Wildman–Crippen LogP) is 4.12. The van der Waals surface area contributed by atoms with E-state index in [9.17, 15) is 0 Å². The molecule has 0 aliphatic rings. The first-order valence-corrected chi connectivity index (χ1v) is 9.11. The molecule has 0 rings (SSSR count). The minimum atomic E-state index is -1.92. The Bertz CT molecular complexity index is 190. The average molecular weight is 244 g/mol. The van der Waals surface area contributed by atoms with Gasteiger partial charge in [-0.25, -0.2) is 0 Å². The molecule has 0 spiro atoms. The van der Waals surface area contributed by atoms with Crippen LogP contribution < -0.4 is 0 Å². The van der Waals surface area contributed by atoms with Gasteiger partial charge in [0.2, 0.25) is 0 Å². The molecule has 0 aliphatic heterocycles. The molecule has 0 saturated heterocycles. The van der Waals surface area contributed by atoms with Crippen LogP contribution in [0.5, 0.6) is 0 Å². The van der Waals surface area contributed by atoms with Gasteiger partial charge in [0.1, 0.15) is 0 Å². The van der Waals surface area contributed by atoms with E-state index in [-0.39, 0.29) is 6.10 Å². The molecule has 0 heterocycles. The van der Waals surface area contributed by atoms with Crippen molar-refractivity contribution in [3.63, 3.8) is 0 Å². The molecule has 0 bridgehead atoms. The van der Waals surface area contributed by atoms with Crippen molar-refractivity contribution >= 4 is 8.56 Å². The predicted molar refractivity (Wildman–Crippen MR) is 72.9 cm³/mol. The maximum Gasteiger partial charge on any atom is 0.331 e. The first-order valence-electron chi connectivity index (χ1n) is 6.30. The molecule has 0 fully saturated rings. The summed E-state index contributed by atoms with van der Waals surface area (Å²) in [5.41, 5.74) is 0. The highest BCUT2D eigenvalue weighted by molar-refractivity contribution is 6.64. The normalized spacial score (nSPS) is 14.1. The summed E-state index contributed by atoms with van der Waals surface area (Å²) in [4.78, 5) is 0. The van der Waals surface area contributed by atoms with E-state index in [1.165, 1.54) is 6.42 Å². The Morgan fingerprint density at radius 2 is 1.88 bits per heavy atom. The van der Waals surface area contributed by atoms with Gasteiger partial charge in [-0.3, -0.25) is 0 Å². The molecule has 0 aromatic rings. The van der Waals surface area contributed by atoms with Crippen LogP contribution in [-0.4, -0.2) is 21.3 Å². The van der Waals surface area contributed by atoms with Crippen molar-refractivity contribution < 1.29 is 8.85 Å². The van der Waals surface area contributed by atoms with Gasteiger partial charge in [0.25, 0.3) is 0 Å². The lowest BCUT2D eigenvalue weighted by Crippen LogP contribution is -2.38. The lowest BCUT2D eigenvalue weighted by atomic mass is 10.1. The molecule has 0 aliphatic carbocycles. The van der Waals surface area contributed by atoms with Crippen LogP contribution in [0.3, 0.4) is 0 Å². The minimum absolute atomic E-state index is 0.226. The molecular formula is C13H28O2Si. The van der Waals surface area contributed by atoms with Gasteiger partial charge in [-0.05, 0) is 45.2 Å². The molecule has 0 N–H and O–H groups in total. The molecular weight excluding hydrogens is 216 g/mol. The summed E-state index contributed by atoms with van der Waals surface area (Å²) in [6.07, 6.45) is 5.38. The largest absolute Gasteiger partial charge is 0.395 e. The lowest BCUT2D eigenvalue weighted by molar-refractivity contribution is 0.130. The van der Waals surface area contributed by atoms with E-state index in [4.69, 9.17) is 8.85 Å². The Morgan fingerprint density at radius 1 is 1.25 bits per heavy atom. The summed E-state index contributed by atoms with van der Waals surface area (Å²) >= 11 is 0. The zero-order chi connectivity index (χ0) is 12.6. The Morgan fingerprint density at radius 3 is 2.38 bits per heavy atom. The van der Waals surface area contributed by atoms with E-state index in [1.54, 1.807) is 0 Å². The Balaban J connectivity index is 3.72. The zero-order valence-electron chi connectivity index (χ0n) is 11.6. The molecule has 1 unspecified atom stereocenters. The Hall–Kier alpha value is -0.123. The summed E-state index contributed by atoms with van der Waals surface area (Å²) in [7, 11) is -1.92. The van der Waals surface area contributed by atoms with Gasteiger partial charge in [-0.15, -0.1) is 6.58 Å². The summed E-state index contributed by atoms with van der Waals surface area (Å²) < 4.78 is 11.8. The van der Waals surface area contributed by atoms with Crippen molar-refractivity contribution in [2.24, 2.45) is 5.92 Å². The van der Waals surface area contributed by atoms with Crippen molar-refractivity contribution in [1.29, 1.82) is 0 Å². The molecule has 96 valence electrons. The van der Waals surface area contributed by atoms with Gasteiger partial charge in [-0.2, -0.15) is 0 Å². The van der Waals surface area contributed by atoms with Gasteiger partial charge >= 0.3 is 8.56 Å². The van der Waals surface area contributed by atoms with Crippen LogP contribution >= 0.6 is 0 Å². The molecule has 0 radical (unpaired) electrons. The van der Waals surface area contributed by atoms with Crippen LogP contribution in [0, 0.1) is 5.92 Å².